The van der Waals surface area contributed by atoms with Crippen molar-refractivity contribution in [2.45, 2.75) is 6.04 Å². The molecule has 0 spiro atoms. The van der Waals surface area contributed by atoms with Crippen molar-refractivity contribution in [3.8, 4) is 6.07 Å². The molecule has 0 radical (unpaired) electrons. The highest BCUT2D eigenvalue weighted by Crippen LogP contribution is 2.26. The highest BCUT2D eigenvalue weighted by Gasteiger charge is 2.37. The topological polar surface area (TPSA) is 86.5 Å². The fourth-order valence-corrected chi connectivity index (χ4v) is 2.10. The minimum absolute atomic E-state index is 0.201. The first-order chi connectivity index (χ1) is 8.65. The third-order valence-electron chi connectivity index (χ3n) is 3.17. The van der Waals surface area contributed by atoms with Gasteiger partial charge in [0.25, 0.3) is 0 Å². The van der Waals surface area contributed by atoms with E-state index >= 15 is 0 Å². The lowest BCUT2D eigenvalue weighted by atomic mass is 10.0. The van der Waals surface area contributed by atoms with Gasteiger partial charge in [-0.1, -0.05) is 0 Å². The summed E-state index contributed by atoms with van der Waals surface area (Å²) in [7, 11) is 1.76. The first kappa shape index (κ1) is 12.3. The summed E-state index contributed by atoms with van der Waals surface area (Å²) in [6, 6.07) is 3.40. The largest absolute Gasteiger partial charge is 0.481 e. The van der Waals surface area contributed by atoms with E-state index in [-0.39, 0.29) is 12.6 Å². The van der Waals surface area contributed by atoms with Crippen molar-refractivity contribution >= 4 is 11.7 Å². The predicted molar refractivity (Wildman–Crippen MR) is 63.1 cm³/mol. The molecule has 2 rings (SSSR count). The van der Waals surface area contributed by atoms with Crippen molar-refractivity contribution in [1.29, 1.82) is 5.26 Å². The van der Waals surface area contributed by atoms with Gasteiger partial charge < -0.3 is 14.7 Å². The van der Waals surface area contributed by atoms with E-state index < -0.39 is 11.9 Å². The molecule has 0 aliphatic carbocycles. The molecule has 0 aromatic carbocycles. The molecule has 2 atom stereocenters. The Bertz CT molecular complexity index is 498. The molecule has 0 amide bonds. The summed E-state index contributed by atoms with van der Waals surface area (Å²) in [5.41, 5.74) is 1.10. The number of carbonyl (C=O) groups is 1. The maximum atomic E-state index is 11.1. The first-order valence-corrected chi connectivity index (χ1v) is 5.52. The fraction of sp³-hybridized carbons (Fsp3) is 0.417. The van der Waals surface area contributed by atoms with Crippen LogP contribution in [0.1, 0.15) is 5.56 Å². The Balaban J connectivity index is 2.28. The molecule has 6 nitrogen and oxygen atoms in total. The molecule has 18 heavy (non-hydrogen) atoms. The molecule has 1 N–H and O–H groups in total. The summed E-state index contributed by atoms with van der Waals surface area (Å²) in [4.78, 5) is 16.9. The summed E-state index contributed by atoms with van der Waals surface area (Å²) in [6.45, 7) is 0.541. The number of carboxylic acid groups (broad SMARTS) is 1. The van der Waals surface area contributed by atoms with Crippen LogP contribution in [0.15, 0.2) is 18.5 Å². The molecule has 0 saturated carbocycles. The van der Waals surface area contributed by atoms with E-state index in [2.05, 4.69) is 11.1 Å². The van der Waals surface area contributed by atoms with Gasteiger partial charge in [-0.3, -0.25) is 9.78 Å². The molecule has 94 valence electrons. The number of pyridine rings is 1. The van der Waals surface area contributed by atoms with E-state index in [9.17, 15) is 4.79 Å². The van der Waals surface area contributed by atoms with E-state index in [1.165, 1.54) is 6.20 Å². The van der Waals surface area contributed by atoms with Crippen LogP contribution in [0.2, 0.25) is 0 Å². The first-order valence-electron chi connectivity index (χ1n) is 5.52. The van der Waals surface area contributed by atoms with Gasteiger partial charge in [0.15, 0.2) is 0 Å². The Morgan fingerprint density at radius 1 is 1.67 bits per heavy atom. The molecular formula is C12H13N3O3. The average Bonchev–Trinajstić information content (AvgIpc) is 2.87. The zero-order chi connectivity index (χ0) is 13.1. The lowest BCUT2D eigenvalue weighted by molar-refractivity contribution is -0.141. The van der Waals surface area contributed by atoms with Crippen LogP contribution in [0.25, 0.3) is 0 Å². The molecule has 1 saturated heterocycles. The molecule has 1 fully saturated rings. The van der Waals surface area contributed by atoms with Crippen LogP contribution in [0.3, 0.4) is 0 Å². The zero-order valence-corrected chi connectivity index (χ0v) is 9.91. The van der Waals surface area contributed by atoms with Crippen molar-refractivity contribution in [2.24, 2.45) is 5.92 Å². The molecule has 2 heterocycles. The second-order valence-electron chi connectivity index (χ2n) is 4.17. The quantitative estimate of drug-likeness (QED) is 0.836. The minimum Gasteiger partial charge on any atom is -0.481 e. The Kier molecular flexibility index (Phi) is 3.44. The van der Waals surface area contributed by atoms with Crippen LogP contribution in [0.4, 0.5) is 5.69 Å². The number of anilines is 1. The number of rotatable bonds is 3. The smallest absolute Gasteiger partial charge is 0.311 e. The standard InChI is InChI=1S/C12H13N3O3/c1-15(10-5-14-3-2-8(10)4-13)11-7-18-6-9(11)12(16)17/h2-3,5,9,11H,6-7H2,1H3,(H,16,17). The van der Waals surface area contributed by atoms with Crippen molar-refractivity contribution < 1.29 is 14.6 Å². The summed E-state index contributed by atoms with van der Waals surface area (Å²) < 4.78 is 5.22. The van der Waals surface area contributed by atoms with E-state index in [4.69, 9.17) is 15.1 Å². The molecule has 1 aromatic rings. The van der Waals surface area contributed by atoms with Crippen molar-refractivity contribution in [1.82, 2.24) is 4.98 Å². The van der Waals surface area contributed by atoms with E-state index in [1.807, 2.05) is 0 Å². The van der Waals surface area contributed by atoms with Gasteiger partial charge in [-0.25, -0.2) is 0 Å². The maximum absolute atomic E-state index is 11.1. The lowest BCUT2D eigenvalue weighted by Gasteiger charge is -2.28. The number of nitrogens with zero attached hydrogens (tertiary/aromatic N) is 3. The Labute approximate surface area is 104 Å². The summed E-state index contributed by atoms with van der Waals surface area (Å²) in [5, 5.41) is 18.2. The Morgan fingerprint density at radius 3 is 3.11 bits per heavy atom. The molecule has 2 unspecified atom stereocenters. The van der Waals surface area contributed by atoms with Crippen LogP contribution >= 0.6 is 0 Å². The normalized spacial score (nSPS) is 22.4. The van der Waals surface area contributed by atoms with Gasteiger partial charge >= 0.3 is 5.97 Å². The third kappa shape index (κ3) is 2.13. The van der Waals surface area contributed by atoms with Crippen LogP contribution in [0, 0.1) is 17.2 Å². The molecule has 6 heteroatoms. The molecule has 1 aliphatic rings. The van der Waals surface area contributed by atoms with E-state index in [0.29, 0.717) is 17.9 Å². The number of hydrogen-bond acceptors (Lipinski definition) is 5. The summed E-state index contributed by atoms with van der Waals surface area (Å²) in [6.07, 6.45) is 3.10. The molecule has 1 aromatic heterocycles. The number of nitriles is 1. The molecule has 1 aliphatic heterocycles. The fourth-order valence-electron chi connectivity index (χ4n) is 2.10. The van der Waals surface area contributed by atoms with Crippen LogP contribution in [-0.4, -0.2) is 42.4 Å². The van der Waals surface area contributed by atoms with Crippen molar-refractivity contribution in [2.75, 3.05) is 25.2 Å². The molecule has 0 bridgehead atoms. The van der Waals surface area contributed by atoms with Crippen LogP contribution in [-0.2, 0) is 9.53 Å². The van der Waals surface area contributed by atoms with Gasteiger partial charge in [0.2, 0.25) is 0 Å². The third-order valence-corrected chi connectivity index (χ3v) is 3.17. The SMILES string of the molecule is CN(c1cnccc1C#N)C1COCC1C(=O)O. The number of aromatic nitrogens is 1. The Hall–Kier alpha value is -2.13. The number of carboxylic acids is 1. The predicted octanol–water partition coefficient (Wildman–Crippen LogP) is 0.489. The van der Waals surface area contributed by atoms with Crippen LogP contribution < -0.4 is 4.90 Å². The van der Waals surface area contributed by atoms with Crippen molar-refractivity contribution in [3.63, 3.8) is 0 Å². The molecular weight excluding hydrogens is 234 g/mol. The van der Waals surface area contributed by atoms with Gasteiger partial charge in [0, 0.05) is 13.2 Å². The van der Waals surface area contributed by atoms with Gasteiger partial charge in [-0.15, -0.1) is 0 Å². The van der Waals surface area contributed by atoms with Gasteiger partial charge in [-0.05, 0) is 6.07 Å². The van der Waals surface area contributed by atoms with Gasteiger partial charge in [0.05, 0.1) is 36.7 Å². The van der Waals surface area contributed by atoms with Gasteiger partial charge in [0.1, 0.15) is 12.0 Å². The lowest BCUT2D eigenvalue weighted by Crippen LogP contribution is -2.41. The van der Waals surface area contributed by atoms with Gasteiger partial charge in [-0.2, -0.15) is 5.26 Å². The monoisotopic (exact) mass is 247 g/mol. The summed E-state index contributed by atoms with van der Waals surface area (Å²) in [5.74, 6) is -1.46. The number of likely N-dealkylation sites (N-methyl/N-ethyl adjacent to an activating group) is 1. The van der Waals surface area contributed by atoms with E-state index in [0.717, 1.165) is 0 Å². The highest BCUT2D eigenvalue weighted by atomic mass is 16.5. The number of aliphatic carboxylic acids is 1. The second-order valence-corrected chi connectivity index (χ2v) is 4.17. The summed E-state index contributed by atoms with van der Waals surface area (Å²) >= 11 is 0. The second kappa shape index (κ2) is 5.02. The minimum atomic E-state index is -0.883. The number of hydrogen-bond donors (Lipinski definition) is 1. The highest BCUT2D eigenvalue weighted by molar-refractivity contribution is 5.73. The number of ether oxygens (including phenoxy) is 1. The van der Waals surface area contributed by atoms with Crippen LogP contribution in [0.5, 0.6) is 0 Å². The average molecular weight is 247 g/mol. The van der Waals surface area contributed by atoms with Crippen molar-refractivity contribution in [3.05, 3.63) is 24.0 Å². The Morgan fingerprint density at radius 2 is 2.44 bits per heavy atom. The maximum Gasteiger partial charge on any atom is 0.311 e. The van der Waals surface area contributed by atoms with E-state index in [1.54, 1.807) is 24.2 Å². The zero-order valence-electron chi connectivity index (χ0n) is 9.91.